The van der Waals surface area contributed by atoms with Gasteiger partial charge in [0.25, 0.3) is 5.69 Å². The number of anilines is 1. The summed E-state index contributed by atoms with van der Waals surface area (Å²) in [5.41, 5.74) is 1.45. The van der Waals surface area contributed by atoms with E-state index < -0.39 is 20.5 Å². The molecule has 0 bridgehead atoms. The molecule has 0 saturated carbocycles. The Balaban J connectivity index is 1.78. The summed E-state index contributed by atoms with van der Waals surface area (Å²) in [6, 6.07) is 11.8. The van der Waals surface area contributed by atoms with Crippen LogP contribution in [0.3, 0.4) is 0 Å². The second-order valence-electron chi connectivity index (χ2n) is 7.83. The van der Waals surface area contributed by atoms with Crippen molar-refractivity contribution >= 4 is 32.3 Å². The fourth-order valence-electron chi connectivity index (χ4n) is 3.11. The van der Waals surface area contributed by atoms with E-state index in [0.29, 0.717) is 13.0 Å². The van der Waals surface area contributed by atoms with Crippen molar-refractivity contribution in [3.8, 4) is 0 Å². The Bertz CT molecular complexity index is 1150. The zero-order valence-electron chi connectivity index (χ0n) is 16.5. The van der Waals surface area contributed by atoms with E-state index in [2.05, 4.69) is 15.0 Å². The summed E-state index contributed by atoms with van der Waals surface area (Å²) in [7, 11) is -3.86. The number of H-pyrrole nitrogens is 1. The fourth-order valence-corrected chi connectivity index (χ4v) is 4.55. The first kappa shape index (κ1) is 20.8. The van der Waals surface area contributed by atoms with E-state index in [4.69, 9.17) is 0 Å². The molecule has 9 heteroatoms. The zero-order valence-corrected chi connectivity index (χ0v) is 17.3. The van der Waals surface area contributed by atoms with Crippen molar-refractivity contribution in [2.75, 3.05) is 11.9 Å². The second-order valence-corrected chi connectivity index (χ2v) is 9.51. The number of nitrogens with zero attached hydrogens (tertiary/aromatic N) is 1. The smallest absolute Gasteiger partial charge is 0.293 e. The minimum Gasteiger partial charge on any atom is -0.379 e. The zero-order chi connectivity index (χ0) is 21.2. The van der Waals surface area contributed by atoms with Crippen LogP contribution in [0.2, 0.25) is 0 Å². The van der Waals surface area contributed by atoms with Crippen LogP contribution in [-0.4, -0.2) is 30.4 Å². The maximum atomic E-state index is 12.5. The van der Waals surface area contributed by atoms with E-state index in [1.165, 1.54) is 12.1 Å². The van der Waals surface area contributed by atoms with Crippen molar-refractivity contribution in [2.45, 2.75) is 37.6 Å². The average molecular weight is 417 g/mol. The van der Waals surface area contributed by atoms with Crippen molar-refractivity contribution in [3.63, 3.8) is 0 Å². The van der Waals surface area contributed by atoms with E-state index in [-0.39, 0.29) is 16.3 Å². The molecule has 154 valence electrons. The Labute approximate surface area is 169 Å². The summed E-state index contributed by atoms with van der Waals surface area (Å²) in [5.74, 6) is 0. The van der Waals surface area contributed by atoms with Crippen molar-refractivity contribution < 1.29 is 13.3 Å². The Morgan fingerprint density at radius 2 is 1.86 bits per heavy atom. The molecular weight excluding hydrogens is 392 g/mol. The van der Waals surface area contributed by atoms with Crippen molar-refractivity contribution in [1.82, 2.24) is 9.71 Å². The standard InChI is InChI=1S/C20H24N4O4S/c1-20(2,3)23-29(27,28)15-8-9-18(19(12-15)24(25)26)21-11-10-14-13-22-17-7-5-4-6-16(14)17/h4-9,12-13,21-23H,10-11H2,1-3H3. The van der Waals surface area contributed by atoms with Crippen LogP contribution in [0.1, 0.15) is 26.3 Å². The Kier molecular flexibility index (Phi) is 5.63. The molecule has 0 spiro atoms. The van der Waals surface area contributed by atoms with Crippen molar-refractivity contribution in [3.05, 3.63) is 64.3 Å². The number of nitro groups is 1. The number of rotatable bonds is 7. The van der Waals surface area contributed by atoms with E-state index in [0.717, 1.165) is 22.5 Å². The molecule has 0 saturated heterocycles. The summed E-state index contributed by atoms with van der Waals surface area (Å²) >= 11 is 0. The molecule has 2 aromatic carbocycles. The number of sulfonamides is 1. The van der Waals surface area contributed by atoms with E-state index in [9.17, 15) is 18.5 Å². The van der Waals surface area contributed by atoms with Crippen LogP contribution in [0.15, 0.2) is 53.6 Å². The number of para-hydroxylation sites is 1. The molecule has 1 aromatic heterocycles. The first-order valence-corrected chi connectivity index (χ1v) is 10.7. The van der Waals surface area contributed by atoms with Gasteiger partial charge in [-0.1, -0.05) is 18.2 Å². The lowest BCUT2D eigenvalue weighted by atomic mass is 10.1. The van der Waals surface area contributed by atoms with Gasteiger partial charge in [-0.3, -0.25) is 10.1 Å². The number of hydrogen-bond donors (Lipinski definition) is 3. The van der Waals surface area contributed by atoms with E-state index in [1.54, 1.807) is 20.8 Å². The number of aromatic amines is 1. The van der Waals surface area contributed by atoms with Gasteiger partial charge in [0.05, 0.1) is 9.82 Å². The molecular formula is C20H24N4O4S. The lowest BCUT2D eigenvalue weighted by molar-refractivity contribution is -0.384. The van der Waals surface area contributed by atoms with Crippen LogP contribution in [0.25, 0.3) is 10.9 Å². The summed E-state index contributed by atoms with van der Waals surface area (Å²) in [6.45, 7) is 5.59. The third-order valence-electron chi connectivity index (χ3n) is 4.30. The summed E-state index contributed by atoms with van der Waals surface area (Å²) in [4.78, 5) is 14.0. The quantitative estimate of drug-likeness (QED) is 0.400. The highest BCUT2D eigenvalue weighted by Crippen LogP contribution is 2.28. The van der Waals surface area contributed by atoms with Gasteiger partial charge in [0, 0.05) is 35.2 Å². The van der Waals surface area contributed by atoms with E-state index >= 15 is 0 Å². The maximum absolute atomic E-state index is 12.5. The van der Waals surface area contributed by atoms with Gasteiger partial charge in [0.1, 0.15) is 5.69 Å². The second kappa shape index (κ2) is 7.84. The van der Waals surface area contributed by atoms with Gasteiger partial charge in [0.2, 0.25) is 10.0 Å². The minimum atomic E-state index is -3.86. The molecule has 0 aliphatic heterocycles. The lowest BCUT2D eigenvalue weighted by Crippen LogP contribution is -2.40. The minimum absolute atomic E-state index is 0.138. The van der Waals surface area contributed by atoms with Crippen LogP contribution in [0.4, 0.5) is 11.4 Å². The molecule has 3 aromatic rings. The van der Waals surface area contributed by atoms with Crippen molar-refractivity contribution in [2.24, 2.45) is 0 Å². The Morgan fingerprint density at radius 1 is 1.14 bits per heavy atom. The Morgan fingerprint density at radius 3 is 2.55 bits per heavy atom. The SMILES string of the molecule is CC(C)(C)NS(=O)(=O)c1ccc(NCCc2c[nH]c3ccccc23)c([N+](=O)[O-])c1. The third-order valence-corrected chi connectivity index (χ3v) is 6.06. The van der Waals surface area contributed by atoms with Crippen LogP contribution < -0.4 is 10.0 Å². The summed E-state index contributed by atoms with van der Waals surface area (Å²) in [5, 5.41) is 15.7. The summed E-state index contributed by atoms with van der Waals surface area (Å²) in [6.07, 6.45) is 2.58. The number of nitro benzene ring substituents is 1. The molecule has 1 heterocycles. The number of aromatic nitrogens is 1. The molecule has 0 fully saturated rings. The maximum Gasteiger partial charge on any atom is 0.293 e. The molecule has 0 unspecified atom stereocenters. The Hall–Kier alpha value is -2.91. The average Bonchev–Trinajstić information content (AvgIpc) is 3.03. The molecule has 0 aliphatic carbocycles. The number of nitrogens with one attached hydrogen (secondary N) is 3. The molecule has 0 atom stereocenters. The number of benzene rings is 2. The normalized spacial score (nSPS) is 12.2. The van der Waals surface area contributed by atoms with Gasteiger partial charge < -0.3 is 10.3 Å². The predicted octanol–water partition coefficient (Wildman–Crippen LogP) is 3.81. The number of hydrogen-bond acceptors (Lipinski definition) is 5. The van der Waals surface area contributed by atoms with Crippen molar-refractivity contribution in [1.29, 1.82) is 0 Å². The molecule has 0 amide bonds. The van der Waals surface area contributed by atoms with Gasteiger partial charge in [-0.2, -0.15) is 0 Å². The first-order chi connectivity index (χ1) is 13.6. The molecule has 0 aliphatic rings. The monoisotopic (exact) mass is 416 g/mol. The van der Waals surface area contributed by atoms with Gasteiger partial charge in [-0.05, 0) is 51.0 Å². The van der Waals surface area contributed by atoms with E-state index in [1.807, 2.05) is 30.5 Å². The van der Waals surface area contributed by atoms with Gasteiger partial charge >= 0.3 is 0 Å². The van der Waals surface area contributed by atoms with Crippen LogP contribution in [-0.2, 0) is 16.4 Å². The predicted molar refractivity (Wildman–Crippen MR) is 114 cm³/mol. The van der Waals surface area contributed by atoms with Crippen LogP contribution in [0.5, 0.6) is 0 Å². The number of fused-ring (bicyclic) bond motifs is 1. The van der Waals surface area contributed by atoms with Gasteiger partial charge in [0.15, 0.2) is 0 Å². The van der Waals surface area contributed by atoms with Crippen LogP contribution in [0, 0.1) is 10.1 Å². The van der Waals surface area contributed by atoms with Crippen LogP contribution >= 0.6 is 0 Å². The summed E-state index contributed by atoms with van der Waals surface area (Å²) < 4.78 is 27.4. The molecule has 0 radical (unpaired) electrons. The highest BCUT2D eigenvalue weighted by molar-refractivity contribution is 7.89. The molecule has 3 rings (SSSR count). The molecule has 8 nitrogen and oxygen atoms in total. The lowest BCUT2D eigenvalue weighted by Gasteiger charge is -2.20. The highest BCUT2D eigenvalue weighted by atomic mass is 32.2. The molecule has 3 N–H and O–H groups in total. The highest BCUT2D eigenvalue weighted by Gasteiger charge is 2.25. The third kappa shape index (κ3) is 4.93. The largest absolute Gasteiger partial charge is 0.379 e. The van der Waals surface area contributed by atoms with Gasteiger partial charge in [-0.15, -0.1) is 0 Å². The first-order valence-electron chi connectivity index (χ1n) is 9.18. The van der Waals surface area contributed by atoms with Gasteiger partial charge in [-0.25, -0.2) is 13.1 Å². The fraction of sp³-hybridized carbons (Fsp3) is 0.300. The molecule has 29 heavy (non-hydrogen) atoms. The topological polar surface area (TPSA) is 117 Å².